The normalized spacial score (nSPS) is 10.2. The molecule has 5 nitrogen and oxygen atoms in total. The standard InChI is InChI=1S/C6H6OS.ClHO4/c1-5-2-6(7)4-8-3-5;2-1(3,4)5/h2-4H,1H3;(H,2,3,4,5). The highest BCUT2D eigenvalue weighted by atomic mass is 35.7. The van der Waals surface area contributed by atoms with Crippen molar-refractivity contribution in [2.75, 3.05) is 0 Å². The van der Waals surface area contributed by atoms with Crippen LogP contribution in [0.25, 0.3) is 0 Å². The van der Waals surface area contributed by atoms with Crippen LogP contribution in [-0.4, -0.2) is 5.11 Å². The van der Waals surface area contributed by atoms with Crippen LogP contribution in [0, 0.1) is 17.2 Å². The van der Waals surface area contributed by atoms with Crippen LogP contribution < -0.4 is 18.6 Å². The molecule has 74 valence electrons. The molecule has 0 aliphatic carbocycles. The molecule has 1 heterocycles. The molecule has 0 aliphatic rings. The predicted octanol–water partition coefficient (Wildman–Crippen LogP) is -2.71. The Hall–Kier alpha value is -0.500. The molecule has 0 fully saturated rings. The molecule has 1 N–H and O–H groups in total. The topological polar surface area (TPSA) is 112 Å². The van der Waals surface area contributed by atoms with Crippen LogP contribution in [0.15, 0.2) is 16.8 Å². The Balaban J connectivity index is 0.000000252. The van der Waals surface area contributed by atoms with E-state index in [0.29, 0.717) is 5.75 Å². The van der Waals surface area contributed by atoms with Crippen molar-refractivity contribution in [2.24, 2.45) is 0 Å². The van der Waals surface area contributed by atoms with Gasteiger partial charge in [0, 0.05) is 5.56 Å². The van der Waals surface area contributed by atoms with Crippen molar-refractivity contribution >= 4 is 11.3 Å². The second kappa shape index (κ2) is 5.28. The highest BCUT2D eigenvalue weighted by Crippen LogP contribution is 2.13. The molecule has 7 heteroatoms. The highest BCUT2D eigenvalue weighted by Gasteiger charge is 1.94. The van der Waals surface area contributed by atoms with E-state index >= 15 is 0 Å². The van der Waals surface area contributed by atoms with Crippen molar-refractivity contribution in [2.45, 2.75) is 6.92 Å². The number of aromatic hydroxyl groups is 1. The van der Waals surface area contributed by atoms with Gasteiger partial charge in [-0.3, -0.25) is 0 Å². The summed E-state index contributed by atoms with van der Waals surface area (Å²) in [7, 11) is -4.94. The third kappa shape index (κ3) is 11.5. The van der Waals surface area contributed by atoms with E-state index < -0.39 is 10.2 Å². The molecule has 0 unspecified atom stereocenters. The summed E-state index contributed by atoms with van der Waals surface area (Å²) in [5.74, 6) is 0.356. The van der Waals surface area contributed by atoms with Crippen LogP contribution in [0.4, 0.5) is 0 Å². The Morgan fingerprint density at radius 3 is 1.92 bits per heavy atom. The summed E-state index contributed by atoms with van der Waals surface area (Å²) in [5.41, 5.74) is 1.11. The lowest BCUT2D eigenvalue weighted by atomic mass is 10.4. The lowest BCUT2D eigenvalue weighted by Crippen LogP contribution is -2.68. The van der Waals surface area contributed by atoms with E-state index in [1.54, 1.807) is 11.4 Å². The molecule has 0 aliphatic heterocycles. The first-order chi connectivity index (χ1) is 5.79. The fourth-order valence-corrected chi connectivity index (χ4v) is 1.07. The lowest BCUT2D eigenvalue weighted by molar-refractivity contribution is -2.00. The maximum atomic E-state index is 8.82. The molecule has 0 bridgehead atoms. The molecule has 0 saturated heterocycles. The summed E-state index contributed by atoms with van der Waals surface area (Å²) in [6, 6.07) is 1.73. The monoisotopic (exact) mass is 226 g/mol. The zero-order valence-electron chi connectivity index (χ0n) is 6.60. The van der Waals surface area contributed by atoms with Crippen molar-refractivity contribution in [3.05, 3.63) is 22.4 Å². The average molecular weight is 227 g/mol. The lowest BCUT2D eigenvalue weighted by Gasteiger charge is -2.17. The van der Waals surface area contributed by atoms with Gasteiger partial charge in [-0.25, -0.2) is 18.6 Å². The number of aryl methyl sites for hydroxylation is 1. The second-order valence-electron chi connectivity index (χ2n) is 2.06. The number of halogens is 1. The smallest absolute Gasteiger partial charge is 0.237 e. The molecule has 1 aromatic heterocycles. The Morgan fingerprint density at radius 1 is 1.23 bits per heavy atom. The number of rotatable bonds is 0. The van der Waals surface area contributed by atoms with E-state index in [2.05, 4.69) is 0 Å². The minimum atomic E-state index is -4.94. The largest absolute Gasteiger partial charge is 0.503 e. The molecule has 13 heavy (non-hydrogen) atoms. The maximum absolute atomic E-state index is 8.82. The molecule has 0 radical (unpaired) electrons. The van der Waals surface area contributed by atoms with E-state index in [-0.39, 0.29) is 0 Å². The fourth-order valence-electron chi connectivity index (χ4n) is 0.512. The van der Waals surface area contributed by atoms with E-state index in [1.807, 2.05) is 12.3 Å². The minimum Gasteiger partial charge on any atom is -0.503 e. The van der Waals surface area contributed by atoms with Gasteiger partial charge in [0.25, 0.3) is 0 Å². The second-order valence-corrected chi connectivity index (χ2v) is 3.56. The van der Waals surface area contributed by atoms with Crippen molar-refractivity contribution in [3.8, 4) is 5.75 Å². The first-order valence-electron chi connectivity index (χ1n) is 2.97. The zero-order chi connectivity index (χ0) is 10.5. The molecule has 1 rings (SSSR count). The zero-order valence-corrected chi connectivity index (χ0v) is 8.17. The van der Waals surface area contributed by atoms with E-state index in [9.17, 15) is 0 Å². The minimum absolute atomic E-state index is 0.356. The van der Waals surface area contributed by atoms with Gasteiger partial charge in [-0.05, 0) is 13.0 Å². The third-order valence-electron chi connectivity index (χ3n) is 0.818. The molecule has 0 atom stereocenters. The van der Waals surface area contributed by atoms with Gasteiger partial charge in [0.05, 0.1) is 0 Å². The Morgan fingerprint density at radius 2 is 1.69 bits per heavy atom. The summed E-state index contributed by atoms with van der Waals surface area (Å²) in [4.78, 5) is 0. The van der Waals surface area contributed by atoms with Crippen molar-refractivity contribution < 1.29 is 34.0 Å². The van der Waals surface area contributed by atoms with Gasteiger partial charge < -0.3 is 5.11 Å². The van der Waals surface area contributed by atoms with Gasteiger partial charge >= 0.3 is 0 Å². The number of hydrogen-bond acceptors (Lipinski definition) is 5. The first-order valence-corrected chi connectivity index (χ1v) is 5.14. The van der Waals surface area contributed by atoms with Gasteiger partial charge in [0.2, 0.25) is 16.7 Å². The summed E-state index contributed by atoms with van der Waals surface area (Å²) in [6.45, 7) is 1.95. The predicted molar refractivity (Wildman–Crippen MR) is 35.1 cm³/mol. The maximum Gasteiger partial charge on any atom is 0.237 e. The highest BCUT2D eigenvalue weighted by molar-refractivity contribution is 7.07. The van der Waals surface area contributed by atoms with Gasteiger partial charge in [-0.15, -0.1) is 10.2 Å². The average Bonchev–Trinajstić information content (AvgIpc) is 1.81. The van der Waals surface area contributed by atoms with Crippen molar-refractivity contribution in [3.63, 3.8) is 0 Å². The van der Waals surface area contributed by atoms with Crippen molar-refractivity contribution in [1.29, 1.82) is 0 Å². The molecular weight excluding hydrogens is 220 g/mol. The Labute approximate surface area is 80.9 Å². The van der Waals surface area contributed by atoms with E-state index in [1.165, 1.54) is 11.3 Å². The van der Waals surface area contributed by atoms with E-state index in [4.69, 9.17) is 23.7 Å². The van der Waals surface area contributed by atoms with Crippen LogP contribution in [0.2, 0.25) is 0 Å². The molecule has 1 aromatic rings. The van der Waals surface area contributed by atoms with Crippen molar-refractivity contribution in [1.82, 2.24) is 0 Å². The van der Waals surface area contributed by atoms with Crippen LogP contribution in [0.5, 0.6) is 5.75 Å². The van der Waals surface area contributed by atoms with Crippen LogP contribution in [0.3, 0.4) is 0 Å². The quantitative estimate of drug-likeness (QED) is 0.483. The van der Waals surface area contributed by atoms with Gasteiger partial charge in [0.1, 0.15) is 0 Å². The SMILES string of the molecule is Cc1c[s+]cc(O)c1.[O-][Cl+3]([O-])([O-])[O-]. The number of hydrogen-bond donors (Lipinski definition) is 1. The molecule has 0 spiro atoms. The van der Waals surface area contributed by atoms with Gasteiger partial charge in [-0.2, -0.15) is 0 Å². The Kier molecular flexibility index (Phi) is 5.07. The molecule has 0 saturated carbocycles. The Bertz CT molecular complexity index is 238. The van der Waals surface area contributed by atoms with Crippen LogP contribution in [-0.2, 0) is 0 Å². The van der Waals surface area contributed by atoms with E-state index in [0.717, 1.165) is 5.56 Å². The first kappa shape index (κ1) is 12.5. The van der Waals surface area contributed by atoms with Gasteiger partial charge in [0.15, 0.2) is 11.1 Å². The fraction of sp³-hybridized carbons (Fsp3) is 0.167. The summed E-state index contributed by atoms with van der Waals surface area (Å²) in [5, 5.41) is 12.5. The summed E-state index contributed by atoms with van der Waals surface area (Å²) in [6.07, 6.45) is 0. The van der Waals surface area contributed by atoms with Gasteiger partial charge in [-0.1, -0.05) is 0 Å². The molecular formula is C6H7ClO5S. The van der Waals surface area contributed by atoms with Crippen LogP contribution in [0.1, 0.15) is 5.56 Å². The summed E-state index contributed by atoms with van der Waals surface area (Å²) < 4.78 is 34.0. The molecule has 0 aromatic carbocycles. The third-order valence-corrected chi connectivity index (χ3v) is 1.70. The molecule has 0 amide bonds. The summed E-state index contributed by atoms with van der Waals surface area (Å²) >= 11 is 1.51. The van der Waals surface area contributed by atoms with Crippen LogP contribution >= 0.6 is 11.3 Å².